The molecule has 1 amide bonds. The summed E-state index contributed by atoms with van der Waals surface area (Å²) in [5.41, 5.74) is 3.94. The van der Waals surface area contributed by atoms with E-state index in [4.69, 9.17) is 9.84 Å². The van der Waals surface area contributed by atoms with Gasteiger partial charge in [-0.1, -0.05) is 25.1 Å². The molecule has 1 aliphatic rings. The number of nitrogens with zero attached hydrogens (tertiary/aromatic N) is 1. The van der Waals surface area contributed by atoms with E-state index in [0.717, 1.165) is 16.8 Å². The van der Waals surface area contributed by atoms with Crippen molar-refractivity contribution in [1.29, 1.82) is 0 Å². The summed E-state index contributed by atoms with van der Waals surface area (Å²) in [6, 6.07) is 12.9. The van der Waals surface area contributed by atoms with Crippen LogP contribution in [0.4, 0.5) is 5.69 Å². The van der Waals surface area contributed by atoms with E-state index in [9.17, 15) is 9.59 Å². The van der Waals surface area contributed by atoms with Crippen LogP contribution >= 0.6 is 11.8 Å². The number of ether oxygens (including phenoxy) is 1. The third-order valence-electron chi connectivity index (χ3n) is 4.47. The van der Waals surface area contributed by atoms with E-state index in [1.807, 2.05) is 32.0 Å². The minimum atomic E-state index is -0.992. The zero-order valence-electron chi connectivity index (χ0n) is 16.4. The Bertz CT molecular complexity index is 996. The highest BCUT2D eigenvalue weighted by atomic mass is 32.2. The lowest BCUT2D eigenvalue weighted by molar-refractivity contribution is -0.145. The van der Waals surface area contributed by atoms with Gasteiger partial charge in [-0.05, 0) is 79.1 Å². The largest absolute Gasteiger partial charge is 0.479 e. The molecule has 2 aromatic rings. The smallest absolute Gasteiger partial charge is 0.344 e. The third kappa shape index (κ3) is 5.26. The summed E-state index contributed by atoms with van der Waals surface area (Å²) in [7, 11) is 0. The molecule has 0 saturated carbocycles. The molecule has 0 aromatic heterocycles. The number of aryl methyl sites for hydroxylation is 2. The molecule has 1 aliphatic heterocycles. The molecule has 0 bridgehead atoms. The predicted octanol–water partition coefficient (Wildman–Crippen LogP) is 4.44. The molecule has 1 atom stereocenters. The number of benzene rings is 2. The monoisotopic (exact) mass is 410 g/mol. The minimum Gasteiger partial charge on any atom is -0.479 e. The van der Waals surface area contributed by atoms with Gasteiger partial charge in [0.2, 0.25) is 0 Å². The molecule has 3 rings (SSSR count). The van der Waals surface area contributed by atoms with Crippen molar-refractivity contribution in [3.63, 3.8) is 0 Å². The summed E-state index contributed by atoms with van der Waals surface area (Å²) in [6.45, 7) is 5.82. The molecular formula is C22H22N2O4S. The number of hydrogen-bond acceptors (Lipinski definition) is 5. The van der Waals surface area contributed by atoms with Crippen molar-refractivity contribution in [2.24, 2.45) is 4.99 Å². The van der Waals surface area contributed by atoms with Crippen molar-refractivity contribution in [2.75, 3.05) is 0 Å². The molecule has 0 aliphatic carbocycles. The van der Waals surface area contributed by atoms with Gasteiger partial charge >= 0.3 is 5.97 Å². The molecule has 1 unspecified atom stereocenters. The van der Waals surface area contributed by atoms with Gasteiger partial charge < -0.3 is 15.2 Å². The molecule has 0 radical (unpaired) electrons. The first kappa shape index (κ1) is 20.7. The Balaban J connectivity index is 1.72. The lowest BCUT2D eigenvalue weighted by Crippen LogP contribution is -2.25. The molecular weight excluding hydrogens is 388 g/mol. The van der Waals surface area contributed by atoms with E-state index in [1.165, 1.54) is 17.3 Å². The SMILES string of the molecule is CCC(Oc1ccc(/C=C2/SC(=Nc3ccc(C)c(C)c3)NC2=O)cc1)C(=O)O. The van der Waals surface area contributed by atoms with Crippen LogP contribution in [0, 0.1) is 13.8 Å². The summed E-state index contributed by atoms with van der Waals surface area (Å²) < 4.78 is 5.45. The molecule has 2 aromatic carbocycles. The number of thioether (sulfide) groups is 1. The molecule has 1 heterocycles. The second-order valence-corrected chi connectivity index (χ2v) is 7.70. The van der Waals surface area contributed by atoms with Gasteiger partial charge in [0.15, 0.2) is 11.3 Å². The number of carbonyl (C=O) groups excluding carboxylic acids is 1. The van der Waals surface area contributed by atoms with Gasteiger partial charge in [-0.15, -0.1) is 0 Å². The van der Waals surface area contributed by atoms with Crippen LogP contribution in [-0.2, 0) is 9.59 Å². The normalized spacial score (nSPS) is 17.4. The Morgan fingerprint density at radius 2 is 1.93 bits per heavy atom. The fraction of sp³-hybridized carbons (Fsp3) is 0.227. The van der Waals surface area contributed by atoms with Crippen LogP contribution in [-0.4, -0.2) is 28.3 Å². The van der Waals surface area contributed by atoms with Gasteiger partial charge in [-0.2, -0.15) is 0 Å². The summed E-state index contributed by atoms with van der Waals surface area (Å²) in [6.07, 6.45) is 1.27. The van der Waals surface area contributed by atoms with Crippen molar-refractivity contribution in [2.45, 2.75) is 33.3 Å². The number of carbonyl (C=O) groups is 2. The molecule has 2 N–H and O–H groups in total. The molecule has 150 valence electrons. The Labute approximate surface area is 173 Å². The molecule has 7 heteroatoms. The quantitative estimate of drug-likeness (QED) is 0.688. The zero-order valence-corrected chi connectivity index (χ0v) is 17.2. The van der Waals surface area contributed by atoms with Crippen LogP contribution in [0.5, 0.6) is 5.75 Å². The van der Waals surface area contributed by atoms with Crippen molar-refractivity contribution in [3.8, 4) is 5.75 Å². The number of carboxylic acids is 1. The van der Waals surface area contributed by atoms with Gasteiger partial charge in [0.25, 0.3) is 5.91 Å². The minimum absolute atomic E-state index is 0.199. The molecule has 0 spiro atoms. The van der Waals surface area contributed by atoms with Gasteiger partial charge in [-0.25, -0.2) is 9.79 Å². The fourth-order valence-corrected chi connectivity index (χ4v) is 3.50. The van der Waals surface area contributed by atoms with Gasteiger partial charge in [0.1, 0.15) is 5.75 Å². The number of carboxylic acid groups (broad SMARTS) is 1. The summed E-state index contributed by atoms with van der Waals surface area (Å²) >= 11 is 1.28. The zero-order chi connectivity index (χ0) is 21.0. The van der Waals surface area contributed by atoms with Gasteiger partial charge in [0.05, 0.1) is 10.6 Å². The van der Waals surface area contributed by atoms with Crippen molar-refractivity contribution >= 4 is 40.6 Å². The molecule has 1 saturated heterocycles. The topological polar surface area (TPSA) is 88.0 Å². The maximum atomic E-state index is 12.3. The predicted molar refractivity (Wildman–Crippen MR) is 116 cm³/mol. The maximum Gasteiger partial charge on any atom is 0.344 e. The number of aliphatic carboxylic acids is 1. The van der Waals surface area contributed by atoms with Crippen molar-refractivity contribution in [3.05, 3.63) is 64.1 Å². The van der Waals surface area contributed by atoms with Gasteiger partial charge in [-0.3, -0.25) is 4.79 Å². The van der Waals surface area contributed by atoms with E-state index in [2.05, 4.69) is 10.3 Å². The Hall–Kier alpha value is -3.06. The first-order chi connectivity index (χ1) is 13.9. The Kier molecular flexibility index (Phi) is 6.39. The van der Waals surface area contributed by atoms with Crippen LogP contribution in [0.2, 0.25) is 0 Å². The second kappa shape index (κ2) is 8.96. The number of rotatable bonds is 6. The molecule has 6 nitrogen and oxygen atoms in total. The van der Waals surface area contributed by atoms with E-state index in [1.54, 1.807) is 37.3 Å². The Morgan fingerprint density at radius 1 is 1.21 bits per heavy atom. The average molecular weight is 410 g/mol. The standard InChI is InChI=1S/C22H22N2O4S/c1-4-18(21(26)27)28-17-9-6-15(7-10-17)12-19-20(25)24-22(29-19)23-16-8-5-13(2)14(3)11-16/h5-12,18H,4H2,1-3H3,(H,26,27)(H,23,24,25)/b19-12+. The number of nitrogens with one attached hydrogen (secondary N) is 1. The van der Waals surface area contributed by atoms with E-state index in [0.29, 0.717) is 22.2 Å². The average Bonchev–Trinajstić information content (AvgIpc) is 3.02. The first-order valence-electron chi connectivity index (χ1n) is 9.22. The number of aliphatic imine (C=N–C) groups is 1. The number of amides is 1. The highest BCUT2D eigenvalue weighted by Gasteiger charge is 2.24. The van der Waals surface area contributed by atoms with Crippen LogP contribution in [0.15, 0.2) is 52.4 Å². The lowest BCUT2D eigenvalue weighted by atomic mass is 10.1. The second-order valence-electron chi connectivity index (χ2n) is 6.67. The highest BCUT2D eigenvalue weighted by Crippen LogP contribution is 2.29. The summed E-state index contributed by atoms with van der Waals surface area (Å²) in [5.74, 6) is -0.718. The van der Waals surface area contributed by atoms with Crippen molar-refractivity contribution < 1.29 is 19.4 Å². The summed E-state index contributed by atoms with van der Waals surface area (Å²) in [5, 5.41) is 12.4. The van der Waals surface area contributed by atoms with Crippen molar-refractivity contribution in [1.82, 2.24) is 5.32 Å². The van der Waals surface area contributed by atoms with E-state index in [-0.39, 0.29) is 5.91 Å². The van der Waals surface area contributed by atoms with E-state index < -0.39 is 12.1 Å². The number of hydrogen-bond donors (Lipinski definition) is 2. The summed E-state index contributed by atoms with van der Waals surface area (Å²) in [4.78, 5) is 28.4. The molecule has 1 fully saturated rings. The number of amidine groups is 1. The van der Waals surface area contributed by atoms with Crippen LogP contribution in [0.25, 0.3) is 6.08 Å². The van der Waals surface area contributed by atoms with Crippen LogP contribution in [0.3, 0.4) is 0 Å². The van der Waals surface area contributed by atoms with Crippen LogP contribution in [0.1, 0.15) is 30.0 Å². The highest BCUT2D eigenvalue weighted by molar-refractivity contribution is 8.18. The van der Waals surface area contributed by atoms with Crippen LogP contribution < -0.4 is 10.1 Å². The molecule has 29 heavy (non-hydrogen) atoms. The fourth-order valence-electron chi connectivity index (χ4n) is 2.66. The van der Waals surface area contributed by atoms with Gasteiger partial charge in [0, 0.05) is 0 Å². The third-order valence-corrected chi connectivity index (χ3v) is 5.38. The lowest BCUT2D eigenvalue weighted by Gasteiger charge is -2.13. The van der Waals surface area contributed by atoms with E-state index >= 15 is 0 Å². The Morgan fingerprint density at radius 3 is 2.55 bits per heavy atom. The maximum absolute atomic E-state index is 12.3. The first-order valence-corrected chi connectivity index (χ1v) is 10.0.